The molecule has 2 aromatic rings. The van der Waals surface area contributed by atoms with Crippen LogP contribution in [0.1, 0.15) is 32.5 Å². The number of fused-ring (bicyclic) bond motifs is 1. The van der Waals surface area contributed by atoms with Crippen LogP contribution in [0.15, 0.2) is 18.2 Å². The largest absolute Gasteiger partial charge is 0.399 e. The molecule has 18 heavy (non-hydrogen) atoms. The molecule has 2 heterocycles. The maximum absolute atomic E-state index is 5.88. The Morgan fingerprint density at radius 1 is 1.22 bits per heavy atom. The minimum Gasteiger partial charge on any atom is -0.399 e. The molecule has 0 aliphatic carbocycles. The molecule has 4 heteroatoms. The molecular formula is C14H19N3O. The van der Waals surface area contributed by atoms with E-state index in [0.717, 1.165) is 22.5 Å². The van der Waals surface area contributed by atoms with Gasteiger partial charge in [0.15, 0.2) is 0 Å². The first-order chi connectivity index (χ1) is 8.56. The van der Waals surface area contributed by atoms with Gasteiger partial charge in [-0.25, -0.2) is 4.98 Å². The summed E-state index contributed by atoms with van der Waals surface area (Å²) in [5, 5.41) is 0. The van der Waals surface area contributed by atoms with Gasteiger partial charge in [0.2, 0.25) is 0 Å². The number of H-pyrrole nitrogens is 1. The van der Waals surface area contributed by atoms with Crippen molar-refractivity contribution >= 4 is 16.7 Å². The van der Waals surface area contributed by atoms with Gasteiger partial charge in [-0.05, 0) is 38.0 Å². The number of hydrogen-bond acceptors (Lipinski definition) is 3. The molecule has 0 saturated carbocycles. The summed E-state index contributed by atoms with van der Waals surface area (Å²) < 4.78 is 5.88. The van der Waals surface area contributed by atoms with Gasteiger partial charge in [0, 0.05) is 11.6 Å². The van der Waals surface area contributed by atoms with Gasteiger partial charge in [0.1, 0.15) is 5.82 Å². The third-order valence-corrected chi connectivity index (χ3v) is 4.08. The fraction of sp³-hybridized carbons (Fsp3) is 0.500. The SMILES string of the molecule is CC1OC(C)C(c2nc3ccc(N)cc3[nH]2)C1C. The van der Waals surface area contributed by atoms with E-state index in [4.69, 9.17) is 10.5 Å². The van der Waals surface area contributed by atoms with E-state index in [2.05, 4.69) is 30.7 Å². The van der Waals surface area contributed by atoms with Crippen LogP contribution in [-0.4, -0.2) is 22.2 Å². The number of aromatic amines is 1. The summed E-state index contributed by atoms with van der Waals surface area (Å²) in [5.74, 6) is 1.81. The van der Waals surface area contributed by atoms with Crippen LogP contribution in [0.5, 0.6) is 0 Å². The average Bonchev–Trinajstić information content (AvgIpc) is 2.80. The molecule has 1 aromatic heterocycles. The topological polar surface area (TPSA) is 63.9 Å². The Bertz CT molecular complexity index is 577. The number of nitrogens with one attached hydrogen (secondary N) is 1. The number of aromatic nitrogens is 2. The first-order valence-corrected chi connectivity index (χ1v) is 6.47. The zero-order valence-corrected chi connectivity index (χ0v) is 11.0. The summed E-state index contributed by atoms with van der Waals surface area (Å²) in [6.45, 7) is 6.47. The van der Waals surface area contributed by atoms with E-state index in [1.54, 1.807) is 0 Å². The summed E-state index contributed by atoms with van der Waals surface area (Å²) in [7, 11) is 0. The van der Waals surface area contributed by atoms with Crippen LogP contribution >= 0.6 is 0 Å². The second-order valence-electron chi connectivity index (χ2n) is 5.33. The molecule has 0 spiro atoms. The van der Waals surface area contributed by atoms with Crippen LogP contribution in [0, 0.1) is 5.92 Å². The van der Waals surface area contributed by atoms with Gasteiger partial charge in [-0.3, -0.25) is 0 Å². The summed E-state index contributed by atoms with van der Waals surface area (Å²) in [6, 6.07) is 5.77. The lowest BCUT2D eigenvalue weighted by Crippen LogP contribution is -2.16. The molecule has 1 aromatic carbocycles. The molecule has 1 aliphatic heterocycles. The van der Waals surface area contributed by atoms with Crippen molar-refractivity contribution in [1.29, 1.82) is 0 Å². The summed E-state index contributed by atoms with van der Waals surface area (Å²) in [6.07, 6.45) is 0.483. The molecule has 0 bridgehead atoms. The van der Waals surface area contributed by atoms with E-state index in [-0.39, 0.29) is 12.2 Å². The number of rotatable bonds is 1. The fourth-order valence-corrected chi connectivity index (χ4v) is 2.94. The van der Waals surface area contributed by atoms with Crippen LogP contribution < -0.4 is 5.73 Å². The smallest absolute Gasteiger partial charge is 0.113 e. The lowest BCUT2D eigenvalue weighted by atomic mass is 9.89. The molecule has 4 unspecified atom stereocenters. The first-order valence-electron chi connectivity index (χ1n) is 6.47. The molecule has 1 aliphatic rings. The third kappa shape index (κ3) is 1.68. The fourth-order valence-electron chi connectivity index (χ4n) is 2.94. The molecule has 96 valence electrons. The van der Waals surface area contributed by atoms with E-state index in [1.807, 2.05) is 18.2 Å². The normalized spacial score (nSPS) is 32.2. The second kappa shape index (κ2) is 3.99. The Morgan fingerprint density at radius 2 is 2.00 bits per heavy atom. The molecule has 0 amide bonds. The maximum Gasteiger partial charge on any atom is 0.113 e. The highest BCUT2D eigenvalue weighted by Crippen LogP contribution is 2.39. The van der Waals surface area contributed by atoms with Crippen LogP contribution in [0.3, 0.4) is 0 Å². The highest BCUT2D eigenvalue weighted by Gasteiger charge is 2.39. The Morgan fingerprint density at radius 3 is 2.67 bits per heavy atom. The van der Waals surface area contributed by atoms with Crippen molar-refractivity contribution in [1.82, 2.24) is 9.97 Å². The highest BCUT2D eigenvalue weighted by atomic mass is 16.5. The van der Waals surface area contributed by atoms with Gasteiger partial charge in [-0.1, -0.05) is 6.92 Å². The monoisotopic (exact) mass is 245 g/mol. The van der Waals surface area contributed by atoms with Crippen molar-refractivity contribution < 1.29 is 4.74 Å². The number of nitrogens with two attached hydrogens (primary N) is 1. The number of anilines is 1. The van der Waals surface area contributed by atoms with Crippen molar-refractivity contribution in [2.45, 2.75) is 38.9 Å². The Kier molecular flexibility index (Phi) is 2.55. The van der Waals surface area contributed by atoms with E-state index in [1.165, 1.54) is 0 Å². The van der Waals surface area contributed by atoms with Gasteiger partial charge in [-0.2, -0.15) is 0 Å². The Balaban J connectivity index is 2.04. The molecule has 1 fully saturated rings. The summed E-state index contributed by atoms with van der Waals surface area (Å²) >= 11 is 0. The molecular weight excluding hydrogens is 226 g/mol. The van der Waals surface area contributed by atoms with E-state index < -0.39 is 0 Å². The molecule has 3 N–H and O–H groups in total. The van der Waals surface area contributed by atoms with Gasteiger partial charge in [-0.15, -0.1) is 0 Å². The van der Waals surface area contributed by atoms with E-state index in [0.29, 0.717) is 11.8 Å². The van der Waals surface area contributed by atoms with Crippen LogP contribution in [0.25, 0.3) is 11.0 Å². The molecule has 4 atom stereocenters. The summed E-state index contributed by atoms with van der Waals surface area (Å²) in [5.41, 5.74) is 8.52. The van der Waals surface area contributed by atoms with Crippen molar-refractivity contribution in [2.24, 2.45) is 5.92 Å². The van der Waals surface area contributed by atoms with Crippen molar-refractivity contribution in [2.75, 3.05) is 5.73 Å². The standard InChI is InChI=1S/C14H19N3O/c1-7-8(2)18-9(3)13(7)14-16-11-5-4-10(15)6-12(11)17-14/h4-9,13H,15H2,1-3H3,(H,16,17). The van der Waals surface area contributed by atoms with E-state index >= 15 is 0 Å². The van der Waals surface area contributed by atoms with Gasteiger partial charge >= 0.3 is 0 Å². The van der Waals surface area contributed by atoms with Crippen LogP contribution in [0.4, 0.5) is 5.69 Å². The number of hydrogen-bond donors (Lipinski definition) is 2. The van der Waals surface area contributed by atoms with Crippen molar-refractivity contribution in [3.05, 3.63) is 24.0 Å². The van der Waals surface area contributed by atoms with Crippen molar-refractivity contribution in [3.8, 4) is 0 Å². The molecule has 1 saturated heterocycles. The molecule has 0 radical (unpaired) electrons. The van der Waals surface area contributed by atoms with E-state index in [9.17, 15) is 0 Å². The van der Waals surface area contributed by atoms with Crippen LogP contribution in [0.2, 0.25) is 0 Å². The van der Waals surface area contributed by atoms with Gasteiger partial charge < -0.3 is 15.5 Å². The highest BCUT2D eigenvalue weighted by molar-refractivity contribution is 5.78. The maximum atomic E-state index is 5.88. The number of benzene rings is 1. The van der Waals surface area contributed by atoms with Gasteiger partial charge in [0.05, 0.1) is 23.2 Å². The Hall–Kier alpha value is -1.55. The molecule has 4 nitrogen and oxygen atoms in total. The minimum atomic E-state index is 0.202. The lowest BCUT2D eigenvalue weighted by molar-refractivity contribution is 0.0554. The average molecular weight is 245 g/mol. The lowest BCUT2D eigenvalue weighted by Gasteiger charge is -2.15. The number of imidazole rings is 1. The second-order valence-corrected chi connectivity index (χ2v) is 5.33. The first kappa shape index (κ1) is 11.5. The van der Waals surface area contributed by atoms with Crippen molar-refractivity contribution in [3.63, 3.8) is 0 Å². The predicted molar refractivity (Wildman–Crippen MR) is 72.4 cm³/mol. The Labute approximate surface area is 107 Å². The van der Waals surface area contributed by atoms with Crippen LogP contribution in [-0.2, 0) is 4.74 Å². The third-order valence-electron chi connectivity index (χ3n) is 4.08. The number of nitrogen functional groups attached to an aromatic ring is 1. The van der Waals surface area contributed by atoms with Gasteiger partial charge in [0.25, 0.3) is 0 Å². The number of ether oxygens (including phenoxy) is 1. The zero-order chi connectivity index (χ0) is 12.9. The minimum absolute atomic E-state index is 0.202. The summed E-state index contributed by atoms with van der Waals surface area (Å²) in [4.78, 5) is 8.07. The zero-order valence-electron chi connectivity index (χ0n) is 11.0. The molecule has 3 rings (SSSR count). The number of nitrogens with zero attached hydrogens (tertiary/aromatic N) is 1. The quantitative estimate of drug-likeness (QED) is 0.759. The predicted octanol–water partition coefficient (Wildman–Crippen LogP) is 2.67.